The summed E-state index contributed by atoms with van der Waals surface area (Å²) in [6.07, 6.45) is -0.162. The van der Waals surface area contributed by atoms with Crippen molar-refractivity contribution in [1.29, 1.82) is 0 Å². The number of hydrogen-bond acceptors (Lipinski definition) is 4. The molecule has 0 saturated carbocycles. The first-order chi connectivity index (χ1) is 12.5. The fourth-order valence-electron chi connectivity index (χ4n) is 2.98. The van der Waals surface area contributed by atoms with Crippen LogP contribution in [0.1, 0.15) is 24.5 Å². The molecule has 1 aliphatic heterocycles. The predicted octanol–water partition coefficient (Wildman–Crippen LogP) is 3.42. The maximum atomic E-state index is 12.5. The number of hydrogen-bond donors (Lipinski definition) is 1. The Morgan fingerprint density at radius 3 is 2.58 bits per heavy atom. The second-order valence-electron chi connectivity index (χ2n) is 6.58. The molecule has 0 fully saturated rings. The molecule has 0 bridgehead atoms. The topological polar surface area (TPSA) is 56.8 Å². The number of carbonyl (C=O) groups excluding carboxylic acids is 1. The van der Waals surface area contributed by atoms with Crippen molar-refractivity contribution in [1.82, 2.24) is 5.32 Å². The number of rotatable bonds is 6. The van der Waals surface area contributed by atoms with Gasteiger partial charge in [-0.3, -0.25) is 4.79 Å². The van der Waals surface area contributed by atoms with Crippen LogP contribution in [0.4, 0.5) is 0 Å². The van der Waals surface area contributed by atoms with Gasteiger partial charge in [-0.05, 0) is 55.7 Å². The molecule has 26 heavy (non-hydrogen) atoms. The van der Waals surface area contributed by atoms with Crippen molar-refractivity contribution in [2.24, 2.45) is 0 Å². The van der Waals surface area contributed by atoms with Crippen molar-refractivity contribution in [2.45, 2.75) is 39.4 Å². The van der Waals surface area contributed by atoms with E-state index in [9.17, 15) is 4.79 Å². The number of fused-ring (bicyclic) bond motifs is 1. The van der Waals surface area contributed by atoms with Crippen LogP contribution in [0, 0.1) is 13.8 Å². The van der Waals surface area contributed by atoms with E-state index in [4.69, 9.17) is 14.2 Å². The molecular weight excluding hydrogens is 330 g/mol. The zero-order valence-corrected chi connectivity index (χ0v) is 15.5. The minimum Gasteiger partial charge on any atom is -0.486 e. The first-order valence-corrected chi connectivity index (χ1v) is 8.96. The molecule has 0 unspecified atom stereocenters. The van der Waals surface area contributed by atoms with Gasteiger partial charge in [0.05, 0.1) is 6.54 Å². The van der Waals surface area contributed by atoms with Gasteiger partial charge in [0.25, 0.3) is 5.91 Å². The van der Waals surface area contributed by atoms with Gasteiger partial charge in [-0.15, -0.1) is 0 Å². The maximum absolute atomic E-state index is 12.5. The second-order valence-corrected chi connectivity index (χ2v) is 6.58. The lowest BCUT2D eigenvalue weighted by Gasteiger charge is -2.27. The second kappa shape index (κ2) is 8.13. The molecule has 3 rings (SSSR count). The third-order valence-corrected chi connectivity index (χ3v) is 4.21. The first-order valence-electron chi connectivity index (χ1n) is 8.96. The van der Waals surface area contributed by atoms with Crippen LogP contribution in [-0.2, 0) is 4.79 Å². The standard InChI is InChI=1S/C21H25NO4/c1-4-18(25-16-10-14(2)9-15(3)11-16)21(23)22-12-17-13-24-19-7-5-6-8-20(19)26-17/h5-11,17-18H,4,12-13H2,1-3H3,(H,22,23)/t17-,18-/m0/s1. The number of carbonyl (C=O) groups is 1. The highest BCUT2D eigenvalue weighted by Gasteiger charge is 2.24. The summed E-state index contributed by atoms with van der Waals surface area (Å²) in [4.78, 5) is 12.5. The number of amides is 1. The third kappa shape index (κ3) is 4.48. The van der Waals surface area contributed by atoms with E-state index < -0.39 is 6.10 Å². The van der Waals surface area contributed by atoms with Crippen LogP contribution >= 0.6 is 0 Å². The predicted molar refractivity (Wildman–Crippen MR) is 100.0 cm³/mol. The summed E-state index contributed by atoms with van der Waals surface area (Å²) in [5.41, 5.74) is 2.23. The van der Waals surface area contributed by atoms with Crippen LogP contribution in [0.5, 0.6) is 17.2 Å². The van der Waals surface area contributed by atoms with E-state index >= 15 is 0 Å². The number of aryl methyl sites for hydroxylation is 2. The molecule has 5 nitrogen and oxygen atoms in total. The molecule has 1 amide bonds. The van der Waals surface area contributed by atoms with Gasteiger partial charge >= 0.3 is 0 Å². The van der Waals surface area contributed by atoms with E-state index in [1.165, 1.54) is 0 Å². The molecule has 2 aromatic rings. The molecule has 0 spiro atoms. The smallest absolute Gasteiger partial charge is 0.261 e. The average molecular weight is 355 g/mol. The molecule has 2 atom stereocenters. The highest BCUT2D eigenvalue weighted by atomic mass is 16.6. The lowest BCUT2D eigenvalue weighted by atomic mass is 10.1. The zero-order valence-electron chi connectivity index (χ0n) is 15.5. The van der Waals surface area contributed by atoms with Gasteiger partial charge in [-0.1, -0.05) is 25.1 Å². The Labute approximate surface area is 154 Å². The van der Waals surface area contributed by atoms with E-state index in [0.717, 1.165) is 22.6 Å². The summed E-state index contributed by atoms with van der Waals surface area (Å²) in [5, 5.41) is 2.91. The molecular formula is C21H25NO4. The largest absolute Gasteiger partial charge is 0.486 e. The van der Waals surface area contributed by atoms with Crippen molar-refractivity contribution in [2.75, 3.05) is 13.2 Å². The number of nitrogens with one attached hydrogen (secondary N) is 1. The van der Waals surface area contributed by atoms with Gasteiger partial charge in [0.1, 0.15) is 18.5 Å². The van der Waals surface area contributed by atoms with E-state index in [1.807, 2.05) is 57.2 Å². The van der Waals surface area contributed by atoms with Crippen LogP contribution in [-0.4, -0.2) is 31.3 Å². The number of ether oxygens (including phenoxy) is 3. The summed E-state index contributed by atoms with van der Waals surface area (Å²) in [7, 11) is 0. The van der Waals surface area contributed by atoms with E-state index in [1.54, 1.807) is 0 Å². The summed E-state index contributed by atoms with van der Waals surface area (Å²) in [6, 6.07) is 13.5. The van der Waals surface area contributed by atoms with Crippen molar-refractivity contribution >= 4 is 5.91 Å². The quantitative estimate of drug-likeness (QED) is 0.863. The number of benzene rings is 2. The normalized spacial score (nSPS) is 16.7. The van der Waals surface area contributed by atoms with Crippen LogP contribution in [0.15, 0.2) is 42.5 Å². The maximum Gasteiger partial charge on any atom is 0.261 e. The summed E-state index contributed by atoms with van der Waals surface area (Å²) in [6.45, 7) is 6.74. The van der Waals surface area contributed by atoms with Crippen LogP contribution in [0.25, 0.3) is 0 Å². The minimum absolute atomic E-state index is 0.144. The summed E-state index contributed by atoms with van der Waals surface area (Å²) < 4.78 is 17.4. The van der Waals surface area contributed by atoms with E-state index in [-0.39, 0.29) is 12.0 Å². The Morgan fingerprint density at radius 1 is 1.19 bits per heavy atom. The van der Waals surface area contributed by atoms with Gasteiger partial charge in [-0.25, -0.2) is 0 Å². The Balaban J connectivity index is 1.55. The van der Waals surface area contributed by atoms with Crippen molar-refractivity contribution in [3.05, 3.63) is 53.6 Å². The van der Waals surface area contributed by atoms with Gasteiger partial charge in [0, 0.05) is 0 Å². The van der Waals surface area contributed by atoms with Crippen molar-refractivity contribution < 1.29 is 19.0 Å². The van der Waals surface area contributed by atoms with E-state index in [2.05, 4.69) is 11.4 Å². The van der Waals surface area contributed by atoms with Gasteiger partial charge in [0.15, 0.2) is 17.6 Å². The average Bonchev–Trinajstić information content (AvgIpc) is 2.63. The molecule has 5 heteroatoms. The fraction of sp³-hybridized carbons (Fsp3) is 0.381. The van der Waals surface area contributed by atoms with Gasteiger partial charge in [0.2, 0.25) is 0 Å². The lowest BCUT2D eigenvalue weighted by Crippen LogP contribution is -2.45. The molecule has 0 radical (unpaired) electrons. The Hall–Kier alpha value is -2.69. The highest BCUT2D eigenvalue weighted by Crippen LogP contribution is 2.30. The molecule has 0 aliphatic carbocycles. The molecule has 2 aromatic carbocycles. The molecule has 1 heterocycles. The molecule has 1 aliphatic rings. The molecule has 1 N–H and O–H groups in total. The Kier molecular flexibility index (Phi) is 5.66. The Bertz CT molecular complexity index is 754. The highest BCUT2D eigenvalue weighted by molar-refractivity contribution is 5.81. The summed E-state index contributed by atoms with van der Waals surface area (Å²) >= 11 is 0. The minimum atomic E-state index is -0.534. The monoisotopic (exact) mass is 355 g/mol. The molecule has 138 valence electrons. The molecule has 0 saturated heterocycles. The van der Waals surface area contributed by atoms with Crippen LogP contribution in [0.2, 0.25) is 0 Å². The lowest BCUT2D eigenvalue weighted by molar-refractivity contribution is -0.128. The van der Waals surface area contributed by atoms with Crippen molar-refractivity contribution in [3.63, 3.8) is 0 Å². The first kappa shape index (κ1) is 18.1. The fourth-order valence-corrected chi connectivity index (χ4v) is 2.98. The van der Waals surface area contributed by atoms with E-state index in [0.29, 0.717) is 25.3 Å². The van der Waals surface area contributed by atoms with Crippen LogP contribution < -0.4 is 19.5 Å². The molecule has 0 aromatic heterocycles. The Morgan fingerprint density at radius 2 is 1.88 bits per heavy atom. The number of para-hydroxylation sites is 2. The van der Waals surface area contributed by atoms with Gasteiger partial charge < -0.3 is 19.5 Å². The van der Waals surface area contributed by atoms with Gasteiger partial charge in [-0.2, -0.15) is 0 Å². The summed E-state index contributed by atoms with van der Waals surface area (Å²) in [5.74, 6) is 2.01. The van der Waals surface area contributed by atoms with Crippen molar-refractivity contribution in [3.8, 4) is 17.2 Å². The zero-order chi connectivity index (χ0) is 18.5. The third-order valence-electron chi connectivity index (χ3n) is 4.21. The SMILES string of the molecule is CC[C@H](Oc1cc(C)cc(C)c1)C(=O)NC[C@H]1COc2ccccc2O1. The van der Waals surface area contributed by atoms with Crippen LogP contribution in [0.3, 0.4) is 0 Å².